The van der Waals surface area contributed by atoms with Gasteiger partial charge >= 0.3 is 0 Å². The molecular weight excluding hydrogens is 184 g/mol. The molecule has 0 aliphatic carbocycles. The highest BCUT2D eigenvalue weighted by Crippen LogP contribution is 2.27. The van der Waals surface area contributed by atoms with E-state index in [2.05, 4.69) is 0 Å². The van der Waals surface area contributed by atoms with Crippen molar-refractivity contribution < 1.29 is 19.7 Å². The summed E-state index contributed by atoms with van der Waals surface area (Å²) in [6.07, 6.45) is -2.15. The van der Waals surface area contributed by atoms with Gasteiger partial charge in [0, 0.05) is 0 Å². The molecule has 4 atom stereocenters. The SMILES string of the molecule is CC[C@H]1O[C@@H](OC(C)(C)C)[C@@H](O)C1O. The predicted octanol–water partition coefficient (Wildman–Crippen LogP) is 0.658. The largest absolute Gasteiger partial charge is 0.387 e. The maximum absolute atomic E-state index is 9.62. The van der Waals surface area contributed by atoms with E-state index < -0.39 is 18.5 Å². The molecular formula is C10H20O4. The summed E-state index contributed by atoms with van der Waals surface area (Å²) in [5.41, 5.74) is -0.381. The molecule has 1 saturated heterocycles. The van der Waals surface area contributed by atoms with Crippen LogP contribution in [-0.4, -0.2) is 40.4 Å². The highest BCUT2D eigenvalue weighted by molar-refractivity contribution is 4.86. The summed E-state index contributed by atoms with van der Waals surface area (Å²) >= 11 is 0. The molecule has 0 aromatic rings. The minimum atomic E-state index is -0.945. The van der Waals surface area contributed by atoms with Gasteiger partial charge in [0.25, 0.3) is 0 Å². The Bertz CT molecular complexity index is 187. The third kappa shape index (κ3) is 2.67. The lowest BCUT2D eigenvalue weighted by Gasteiger charge is -2.26. The third-order valence-corrected chi connectivity index (χ3v) is 2.19. The minimum absolute atomic E-state index is 0.322. The van der Waals surface area contributed by atoms with E-state index in [4.69, 9.17) is 9.47 Å². The van der Waals surface area contributed by atoms with Gasteiger partial charge in [-0.15, -0.1) is 0 Å². The van der Waals surface area contributed by atoms with Crippen molar-refractivity contribution in [1.82, 2.24) is 0 Å². The zero-order valence-corrected chi connectivity index (χ0v) is 9.23. The number of aliphatic hydroxyl groups is 2. The molecule has 14 heavy (non-hydrogen) atoms. The maximum atomic E-state index is 9.62. The number of rotatable bonds is 2. The second-order valence-electron chi connectivity index (χ2n) is 4.66. The zero-order chi connectivity index (χ0) is 10.9. The molecule has 4 nitrogen and oxygen atoms in total. The summed E-state index contributed by atoms with van der Waals surface area (Å²) < 4.78 is 10.9. The van der Waals surface area contributed by atoms with Gasteiger partial charge in [0.2, 0.25) is 0 Å². The van der Waals surface area contributed by atoms with Gasteiger partial charge in [0.15, 0.2) is 6.29 Å². The van der Waals surface area contributed by atoms with Gasteiger partial charge in [0.1, 0.15) is 12.2 Å². The first-order valence-electron chi connectivity index (χ1n) is 5.04. The molecule has 2 N–H and O–H groups in total. The Balaban J connectivity index is 2.57. The van der Waals surface area contributed by atoms with E-state index in [-0.39, 0.29) is 11.7 Å². The Kier molecular flexibility index (Phi) is 3.53. The Labute approximate surface area is 84.8 Å². The van der Waals surface area contributed by atoms with Crippen molar-refractivity contribution in [2.24, 2.45) is 0 Å². The van der Waals surface area contributed by atoms with Crippen molar-refractivity contribution in [2.45, 2.75) is 64.3 Å². The molecule has 1 aliphatic rings. The lowest BCUT2D eigenvalue weighted by Crippen LogP contribution is -2.37. The molecule has 0 aromatic heterocycles. The van der Waals surface area contributed by atoms with Crippen LogP contribution >= 0.6 is 0 Å². The fraction of sp³-hybridized carbons (Fsp3) is 1.00. The second kappa shape index (κ2) is 4.14. The van der Waals surface area contributed by atoms with Gasteiger partial charge in [-0.05, 0) is 27.2 Å². The van der Waals surface area contributed by atoms with Crippen LogP contribution in [0.2, 0.25) is 0 Å². The van der Waals surface area contributed by atoms with Crippen LogP contribution in [0.5, 0.6) is 0 Å². The van der Waals surface area contributed by atoms with E-state index in [0.29, 0.717) is 6.42 Å². The van der Waals surface area contributed by atoms with Crippen molar-refractivity contribution in [2.75, 3.05) is 0 Å². The summed E-state index contributed by atoms with van der Waals surface area (Å²) in [7, 11) is 0. The summed E-state index contributed by atoms with van der Waals surface area (Å²) in [6.45, 7) is 7.55. The molecule has 0 bridgehead atoms. The van der Waals surface area contributed by atoms with Crippen molar-refractivity contribution in [1.29, 1.82) is 0 Å². The van der Waals surface area contributed by atoms with Gasteiger partial charge in [-0.2, -0.15) is 0 Å². The maximum Gasteiger partial charge on any atom is 0.187 e. The second-order valence-corrected chi connectivity index (χ2v) is 4.66. The first kappa shape index (κ1) is 11.9. The molecule has 0 radical (unpaired) electrons. The Morgan fingerprint density at radius 1 is 1.21 bits per heavy atom. The van der Waals surface area contributed by atoms with Crippen LogP contribution in [-0.2, 0) is 9.47 Å². The monoisotopic (exact) mass is 204 g/mol. The number of aliphatic hydroxyl groups excluding tert-OH is 2. The summed E-state index contributed by atoms with van der Waals surface area (Å²) in [5, 5.41) is 19.2. The van der Waals surface area contributed by atoms with Crippen LogP contribution in [0.25, 0.3) is 0 Å². The molecule has 0 saturated carbocycles. The van der Waals surface area contributed by atoms with E-state index in [0.717, 1.165) is 0 Å². The molecule has 84 valence electrons. The Morgan fingerprint density at radius 3 is 2.14 bits per heavy atom. The molecule has 0 spiro atoms. The van der Waals surface area contributed by atoms with Crippen molar-refractivity contribution >= 4 is 0 Å². The quantitative estimate of drug-likeness (QED) is 0.693. The van der Waals surface area contributed by atoms with Crippen molar-refractivity contribution in [3.05, 3.63) is 0 Å². The fourth-order valence-corrected chi connectivity index (χ4v) is 1.50. The smallest absolute Gasteiger partial charge is 0.187 e. The van der Waals surface area contributed by atoms with E-state index in [1.54, 1.807) is 0 Å². The lowest BCUT2D eigenvalue weighted by atomic mass is 10.1. The van der Waals surface area contributed by atoms with E-state index in [9.17, 15) is 10.2 Å². The lowest BCUT2D eigenvalue weighted by molar-refractivity contribution is -0.212. The molecule has 0 amide bonds. The summed E-state index contributed by atoms with van der Waals surface area (Å²) in [4.78, 5) is 0. The van der Waals surface area contributed by atoms with Crippen LogP contribution in [0.4, 0.5) is 0 Å². The summed E-state index contributed by atoms with van der Waals surface area (Å²) in [6, 6.07) is 0. The van der Waals surface area contributed by atoms with Gasteiger partial charge < -0.3 is 19.7 Å². The highest BCUT2D eigenvalue weighted by Gasteiger charge is 2.43. The zero-order valence-electron chi connectivity index (χ0n) is 9.23. The van der Waals surface area contributed by atoms with Crippen LogP contribution in [0.15, 0.2) is 0 Å². The molecule has 1 rings (SSSR count). The van der Waals surface area contributed by atoms with Crippen LogP contribution < -0.4 is 0 Å². The summed E-state index contributed by atoms with van der Waals surface area (Å²) in [5.74, 6) is 0. The van der Waals surface area contributed by atoms with Gasteiger partial charge in [-0.3, -0.25) is 0 Å². The number of hydrogen-bond acceptors (Lipinski definition) is 4. The van der Waals surface area contributed by atoms with E-state index in [1.165, 1.54) is 0 Å². The molecule has 4 heteroatoms. The molecule has 1 unspecified atom stereocenters. The molecule has 1 fully saturated rings. The first-order chi connectivity index (χ1) is 6.35. The Morgan fingerprint density at radius 2 is 1.79 bits per heavy atom. The van der Waals surface area contributed by atoms with Gasteiger partial charge in [-0.1, -0.05) is 6.92 Å². The van der Waals surface area contributed by atoms with Gasteiger partial charge in [0.05, 0.1) is 11.7 Å². The van der Waals surface area contributed by atoms with Crippen molar-refractivity contribution in [3.63, 3.8) is 0 Å². The topological polar surface area (TPSA) is 58.9 Å². The fourth-order valence-electron chi connectivity index (χ4n) is 1.50. The van der Waals surface area contributed by atoms with E-state index >= 15 is 0 Å². The first-order valence-corrected chi connectivity index (χ1v) is 5.04. The minimum Gasteiger partial charge on any atom is -0.387 e. The third-order valence-electron chi connectivity index (χ3n) is 2.19. The molecule has 1 aliphatic heterocycles. The van der Waals surface area contributed by atoms with Gasteiger partial charge in [-0.25, -0.2) is 0 Å². The predicted molar refractivity (Wildman–Crippen MR) is 51.8 cm³/mol. The van der Waals surface area contributed by atoms with Crippen LogP contribution in [0, 0.1) is 0 Å². The standard InChI is InChI=1S/C10H20O4/c1-5-6-7(11)8(12)9(13-6)14-10(2,3)4/h6-9,11-12H,5H2,1-4H3/t6-,7?,8+,9+/m1/s1. The average molecular weight is 204 g/mol. The molecule has 0 aromatic carbocycles. The van der Waals surface area contributed by atoms with Crippen molar-refractivity contribution in [3.8, 4) is 0 Å². The Hall–Kier alpha value is -0.160. The number of hydrogen-bond donors (Lipinski definition) is 2. The number of ether oxygens (including phenoxy) is 2. The highest BCUT2D eigenvalue weighted by atomic mass is 16.7. The average Bonchev–Trinajstić information content (AvgIpc) is 2.30. The molecule has 1 heterocycles. The van der Waals surface area contributed by atoms with Crippen LogP contribution in [0.1, 0.15) is 34.1 Å². The normalized spacial score (nSPS) is 39.0. The van der Waals surface area contributed by atoms with Crippen LogP contribution in [0.3, 0.4) is 0 Å². The van der Waals surface area contributed by atoms with E-state index in [1.807, 2.05) is 27.7 Å².